The van der Waals surface area contributed by atoms with Crippen LogP contribution in [0.1, 0.15) is 11.1 Å². The van der Waals surface area contributed by atoms with Gasteiger partial charge < -0.3 is 5.32 Å². The molecule has 0 saturated heterocycles. The normalized spacial score (nSPS) is 11.0. The highest BCUT2D eigenvalue weighted by molar-refractivity contribution is 8.00. The van der Waals surface area contributed by atoms with Gasteiger partial charge >= 0.3 is 0 Å². The number of thioether (sulfide) groups is 1. The largest absolute Gasteiger partial charge is 0.325 e. The van der Waals surface area contributed by atoms with Crippen LogP contribution >= 0.6 is 23.4 Å². The van der Waals surface area contributed by atoms with Crippen molar-refractivity contribution >= 4 is 46.0 Å². The fourth-order valence-electron chi connectivity index (χ4n) is 3.11. The van der Waals surface area contributed by atoms with Gasteiger partial charge in [-0.1, -0.05) is 35.5 Å². The van der Waals surface area contributed by atoms with Gasteiger partial charge in [0.25, 0.3) is 0 Å². The molecule has 0 fully saturated rings. The van der Waals surface area contributed by atoms with Crippen molar-refractivity contribution in [3.63, 3.8) is 0 Å². The first-order valence-electron chi connectivity index (χ1n) is 8.95. The minimum atomic E-state index is -0.0889. The minimum absolute atomic E-state index is 0.0889. The molecular formula is C21H18ClN5OS. The molecule has 1 amide bonds. The van der Waals surface area contributed by atoms with Gasteiger partial charge in [0.05, 0.1) is 23.0 Å². The molecule has 0 aliphatic rings. The third-order valence-corrected chi connectivity index (χ3v) is 5.47. The van der Waals surface area contributed by atoms with E-state index < -0.39 is 0 Å². The highest BCUT2D eigenvalue weighted by Gasteiger charge is 2.13. The van der Waals surface area contributed by atoms with Crippen LogP contribution in [0.3, 0.4) is 0 Å². The molecule has 1 N–H and O–H groups in total. The molecule has 2 heterocycles. The summed E-state index contributed by atoms with van der Waals surface area (Å²) < 4.78 is 1.71. The zero-order chi connectivity index (χ0) is 20.4. The van der Waals surface area contributed by atoms with E-state index in [2.05, 4.69) is 26.4 Å². The van der Waals surface area contributed by atoms with E-state index in [1.54, 1.807) is 16.9 Å². The first kappa shape index (κ1) is 19.4. The van der Waals surface area contributed by atoms with Crippen molar-refractivity contribution in [2.45, 2.75) is 18.9 Å². The number of halogens is 1. The molecule has 0 spiro atoms. The lowest BCUT2D eigenvalue weighted by molar-refractivity contribution is -0.113. The number of carbonyl (C=O) groups is 1. The van der Waals surface area contributed by atoms with Gasteiger partial charge in [-0.2, -0.15) is 5.10 Å². The molecule has 8 heteroatoms. The lowest BCUT2D eigenvalue weighted by Crippen LogP contribution is -2.14. The van der Waals surface area contributed by atoms with Crippen LogP contribution in [0, 0.1) is 13.8 Å². The van der Waals surface area contributed by atoms with Gasteiger partial charge in [-0.15, -0.1) is 0 Å². The third kappa shape index (κ3) is 4.41. The Hall–Kier alpha value is -2.90. The van der Waals surface area contributed by atoms with Crippen LogP contribution in [-0.2, 0) is 4.79 Å². The Kier molecular flexibility index (Phi) is 5.51. The van der Waals surface area contributed by atoms with Crippen molar-refractivity contribution in [1.82, 2.24) is 19.7 Å². The topological polar surface area (TPSA) is 72.7 Å². The fraction of sp³-hybridized carbons (Fsp3) is 0.143. The number of rotatable bonds is 5. The van der Waals surface area contributed by atoms with E-state index in [0.29, 0.717) is 15.7 Å². The molecule has 0 atom stereocenters. The Labute approximate surface area is 177 Å². The Morgan fingerprint density at radius 1 is 1.14 bits per heavy atom. The number of carbonyl (C=O) groups excluding carboxylic acids is 1. The van der Waals surface area contributed by atoms with Gasteiger partial charge in [-0.3, -0.25) is 4.79 Å². The van der Waals surface area contributed by atoms with Gasteiger partial charge in [0, 0.05) is 10.7 Å². The highest BCUT2D eigenvalue weighted by Crippen LogP contribution is 2.26. The number of benzene rings is 2. The number of hydrogen-bond acceptors (Lipinski definition) is 5. The van der Waals surface area contributed by atoms with Crippen LogP contribution in [0.15, 0.2) is 60.0 Å². The van der Waals surface area contributed by atoms with Gasteiger partial charge in [0.2, 0.25) is 5.91 Å². The SMILES string of the molecule is Cc1cc(C)cc(NC(=O)CSc2ncnc3c2cnn3-c2cccc(Cl)c2)c1. The molecule has 2 aromatic carbocycles. The number of nitrogens with zero attached hydrogens (tertiary/aromatic N) is 4. The van der Waals surface area contributed by atoms with E-state index in [1.165, 1.54) is 18.1 Å². The van der Waals surface area contributed by atoms with E-state index in [1.807, 2.05) is 44.2 Å². The molecular weight excluding hydrogens is 406 g/mol. The van der Waals surface area contributed by atoms with Gasteiger partial charge in [0.1, 0.15) is 11.4 Å². The summed E-state index contributed by atoms with van der Waals surface area (Å²) in [5.41, 5.74) is 4.50. The number of anilines is 1. The van der Waals surface area contributed by atoms with E-state index in [-0.39, 0.29) is 11.7 Å². The molecule has 29 heavy (non-hydrogen) atoms. The van der Waals surface area contributed by atoms with Crippen molar-refractivity contribution in [3.05, 3.63) is 71.1 Å². The van der Waals surface area contributed by atoms with E-state index in [0.717, 1.165) is 27.9 Å². The van der Waals surface area contributed by atoms with Crippen molar-refractivity contribution in [3.8, 4) is 5.69 Å². The van der Waals surface area contributed by atoms with Gasteiger partial charge in [-0.05, 0) is 55.3 Å². The lowest BCUT2D eigenvalue weighted by Gasteiger charge is -2.08. The maximum absolute atomic E-state index is 12.4. The lowest BCUT2D eigenvalue weighted by atomic mass is 10.1. The summed E-state index contributed by atoms with van der Waals surface area (Å²) in [5, 5.41) is 9.48. The van der Waals surface area contributed by atoms with Crippen LogP contribution in [0.5, 0.6) is 0 Å². The minimum Gasteiger partial charge on any atom is -0.325 e. The van der Waals surface area contributed by atoms with Crippen LogP contribution in [0.25, 0.3) is 16.7 Å². The quantitative estimate of drug-likeness (QED) is 0.368. The van der Waals surface area contributed by atoms with E-state index in [9.17, 15) is 4.79 Å². The summed E-state index contributed by atoms with van der Waals surface area (Å²) in [6, 6.07) is 13.4. The monoisotopic (exact) mass is 423 g/mol. The molecule has 0 aliphatic heterocycles. The zero-order valence-electron chi connectivity index (χ0n) is 15.9. The molecule has 4 aromatic rings. The molecule has 0 aliphatic carbocycles. The average Bonchev–Trinajstić information content (AvgIpc) is 3.10. The zero-order valence-corrected chi connectivity index (χ0v) is 17.5. The first-order valence-corrected chi connectivity index (χ1v) is 10.3. The average molecular weight is 424 g/mol. The van der Waals surface area contributed by atoms with Crippen molar-refractivity contribution in [2.75, 3.05) is 11.1 Å². The summed E-state index contributed by atoms with van der Waals surface area (Å²) >= 11 is 7.45. The van der Waals surface area contributed by atoms with Crippen LogP contribution < -0.4 is 5.32 Å². The second-order valence-corrected chi connectivity index (χ2v) is 8.07. The standard InChI is InChI=1S/C21H18ClN5OS/c1-13-6-14(2)8-16(7-13)26-19(28)11-29-21-18-10-25-27(20(18)23-12-24-21)17-5-3-4-15(22)9-17/h3-10,12H,11H2,1-2H3,(H,26,28). The summed E-state index contributed by atoms with van der Waals surface area (Å²) in [4.78, 5) is 21.1. The molecule has 0 bridgehead atoms. The third-order valence-electron chi connectivity index (χ3n) is 4.23. The van der Waals surface area contributed by atoms with Crippen molar-refractivity contribution in [1.29, 1.82) is 0 Å². The predicted molar refractivity (Wildman–Crippen MR) is 117 cm³/mol. The molecule has 4 rings (SSSR count). The van der Waals surface area contributed by atoms with E-state index in [4.69, 9.17) is 11.6 Å². The number of aryl methyl sites for hydroxylation is 2. The number of nitrogens with one attached hydrogen (secondary N) is 1. The molecule has 6 nitrogen and oxygen atoms in total. The van der Waals surface area contributed by atoms with Crippen molar-refractivity contribution in [2.24, 2.45) is 0 Å². The molecule has 0 saturated carbocycles. The summed E-state index contributed by atoms with van der Waals surface area (Å²) in [6.07, 6.45) is 3.19. The maximum atomic E-state index is 12.4. The predicted octanol–water partition coefficient (Wildman–Crippen LogP) is 4.82. The summed E-state index contributed by atoms with van der Waals surface area (Å²) in [7, 11) is 0. The molecule has 0 radical (unpaired) electrons. The van der Waals surface area contributed by atoms with Gasteiger partial charge in [0.15, 0.2) is 5.65 Å². The molecule has 2 aromatic heterocycles. The van der Waals surface area contributed by atoms with Crippen LogP contribution in [0.4, 0.5) is 5.69 Å². The number of fused-ring (bicyclic) bond motifs is 1. The highest BCUT2D eigenvalue weighted by atomic mass is 35.5. The van der Waals surface area contributed by atoms with Crippen molar-refractivity contribution < 1.29 is 4.79 Å². The van der Waals surface area contributed by atoms with Crippen LogP contribution in [0.2, 0.25) is 5.02 Å². The Morgan fingerprint density at radius 3 is 2.69 bits per heavy atom. The smallest absolute Gasteiger partial charge is 0.234 e. The first-order chi connectivity index (χ1) is 14.0. The van der Waals surface area contributed by atoms with Gasteiger partial charge in [-0.25, -0.2) is 14.6 Å². The Bertz CT molecular complexity index is 1190. The maximum Gasteiger partial charge on any atom is 0.234 e. The molecule has 146 valence electrons. The fourth-order valence-corrected chi connectivity index (χ4v) is 4.06. The number of hydrogen-bond donors (Lipinski definition) is 1. The Balaban J connectivity index is 1.52. The summed E-state index contributed by atoms with van der Waals surface area (Å²) in [6.45, 7) is 4.01. The summed E-state index contributed by atoms with van der Waals surface area (Å²) in [5.74, 6) is 0.149. The second-order valence-electron chi connectivity index (χ2n) is 6.67. The Morgan fingerprint density at radius 2 is 1.93 bits per heavy atom. The number of aromatic nitrogens is 4. The number of amides is 1. The second kappa shape index (κ2) is 8.23. The van der Waals surface area contributed by atoms with Crippen LogP contribution in [-0.4, -0.2) is 31.4 Å². The molecule has 0 unspecified atom stereocenters. The van der Waals surface area contributed by atoms with E-state index >= 15 is 0 Å².